The van der Waals surface area contributed by atoms with Crippen LogP contribution in [0.15, 0.2) is 12.4 Å². The van der Waals surface area contributed by atoms with Crippen LogP contribution in [-0.4, -0.2) is 27.6 Å². The molecule has 0 spiro atoms. The summed E-state index contributed by atoms with van der Waals surface area (Å²) in [5, 5.41) is 6.55. The molecular weight excluding hydrogens is 234 g/mol. The highest BCUT2D eigenvalue weighted by atomic mass is 16.2. The van der Waals surface area contributed by atoms with Gasteiger partial charge in [-0.3, -0.25) is 14.3 Å². The molecule has 100 valence electrons. The molecular formula is C11H19N5O2. The number of primary amides is 1. The highest BCUT2D eigenvalue weighted by Gasteiger charge is 2.19. The molecule has 0 radical (unpaired) electrons. The van der Waals surface area contributed by atoms with E-state index in [0.717, 1.165) is 6.42 Å². The van der Waals surface area contributed by atoms with E-state index in [1.54, 1.807) is 0 Å². The summed E-state index contributed by atoms with van der Waals surface area (Å²) in [5.74, 6) is -0.652. The first-order chi connectivity index (χ1) is 8.43. The van der Waals surface area contributed by atoms with Gasteiger partial charge in [0.1, 0.15) is 6.54 Å². The molecule has 0 bridgehead atoms. The van der Waals surface area contributed by atoms with E-state index >= 15 is 0 Å². The molecule has 0 saturated heterocycles. The Morgan fingerprint density at radius 3 is 2.78 bits per heavy atom. The Morgan fingerprint density at radius 1 is 1.56 bits per heavy atom. The first-order valence-corrected chi connectivity index (χ1v) is 5.81. The average molecular weight is 253 g/mol. The maximum atomic E-state index is 11.8. The topological polar surface area (TPSA) is 116 Å². The molecule has 0 aliphatic heterocycles. The van der Waals surface area contributed by atoms with Crippen LogP contribution in [0, 0.1) is 5.92 Å². The van der Waals surface area contributed by atoms with Gasteiger partial charge in [-0.05, 0) is 5.92 Å². The summed E-state index contributed by atoms with van der Waals surface area (Å²) in [6, 6.07) is -0.561. The summed E-state index contributed by atoms with van der Waals surface area (Å²) in [6.45, 7) is 3.87. The number of amides is 2. The number of anilines is 1. The van der Waals surface area contributed by atoms with Crippen LogP contribution in [0.5, 0.6) is 0 Å². The van der Waals surface area contributed by atoms with Gasteiger partial charge in [0, 0.05) is 6.20 Å². The van der Waals surface area contributed by atoms with Crippen molar-refractivity contribution in [1.29, 1.82) is 0 Å². The van der Waals surface area contributed by atoms with Crippen LogP contribution in [-0.2, 0) is 16.1 Å². The van der Waals surface area contributed by atoms with Gasteiger partial charge in [-0.2, -0.15) is 5.10 Å². The Hall–Kier alpha value is -1.89. The third-order valence-corrected chi connectivity index (χ3v) is 2.78. The monoisotopic (exact) mass is 253 g/mol. The van der Waals surface area contributed by atoms with Crippen LogP contribution in [0.25, 0.3) is 0 Å². The highest BCUT2D eigenvalue weighted by molar-refractivity contribution is 5.94. The van der Waals surface area contributed by atoms with Gasteiger partial charge >= 0.3 is 0 Å². The summed E-state index contributed by atoms with van der Waals surface area (Å²) in [4.78, 5) is 22.5. The van der Waals surface area contributed by atoms with E-state index in [0.29, 0.717) is 5.69 Å². The van der Waals surface area contributed by atoms with Crippen LogP contribution < -0.4 is 16.8 Å². The minimum Gasteiger partial charge on any atom is -0.368 e. The highest BCUT2D eigenvalue weighted by Crippen LogP contribution is 2.09. The van der Waals surface area contributed by atoms with Crippen molar-refractivity contribution >= 4 is 17.5 Å². The van der Waals surface area contributed by atoms with Crippen LogP contribution in [0.4, 0.5) is 5.69 Å². The Balaban J connectivity index is 2.59. The molecule has 1 heterocycles. The van der Waals surface area contributed by atoms with E-state index in [1.165, 1.54) is 17.1 Å². The SMILES string of the molecule is CCC(C)[C@H](N)C(=O)Nc1cnn(CC(N)=O)c1. The van der Waals surface area contributed by atoms with Crippen molar-refractivity contribution in [2.24, 2.45) is 17.4 Å². The van der Waals surface area contributed by atoms with Crippen molar-refractivity contribution in [1.82, 2.24) is 9.78 Å². The lowest BCUT2D eigenvalue weighted by Crippen LogP contribution is -2.40. The Kier molecular flexibility index (Phi) is 4.85. The number of nitrogens with two attached hydrogens (primary N) is 2. The maximum Gasteiger partial charge on any atom is 0.241 e. The second-order valence-corrected chi connectivity index (χ2v) is 4.29. The summed E-state index contributed by atoms with van der Waals surface area (Å²) >= 11 is 0. The number of carbonyl (C=O) groups excluding carboxylic acids is 2. The zero-order chi connectivity index (χ0) is 13.7. The quantitative estimate of drug-likeness (QED) is 0.644. The Bertz CT molecular complexity index is 429. The number of hydrogen-bond acceptors (Lipinski definition) is 4. The predicted molar refractivity (Wildman–Crippen MR) is 67.5 cm³/mol. The van der Waals surface area contributed by atoms with E-state index in [-0.39, 0.29) is 18.4 Å². The normalized spacial score (nSPS) is 13.9. The Labute approximate surface area is 106 Å². The first kappa shape index (κ1) is 14.2. The summed E-state index contributed by atoms with van der Waals surface area (Å²) in [6.07, 6.45) is 3.81. The van der Waals surface area contributed by atoms with Crippen molar-refractivity contribution in [2.45, 2.75) is 32.9 Å². The van der Waals surface area contributed by atoms with Gasteiger partial charge in [0.15, 0.2) is 0 Å². The van der Waals surface area contributed by atoms with Gasteiger partial charge in [0.25, 0.3) is 0 Å². The van der Waals surface area contributed by atoms with Gasteiger partial charge in [0.2, 0.25) is 11.8 Å². The minimum absolute atomic E-state index is 0.0205. The molecule has 18 heavy (non-hydrogen) atoms. The van der Waals surface area contributed by atoms with Crippen LogP contribution >= 0.6 is 0 Å². The van der Waals surface area contributed by atoms with E-state index in [1.807, 2.05) is 13.8 Å². The standard InChI is InChI=1S/C11H19N5O2/c1-3-7(2)10(13)11(18)15-8-4-14-16(5-8)6-9(12)17/h4-5,7,10H,3,6,13H2,1-2H3,(H2,12,17)(H,15,18)/t7?,10-/m0/s1. The number of carbonyl (C=O) groups is 2. The third-order valence-electron chi connectivity index (χ3n) is 2.78. The number of nitrogens with zero attached hydrogens (tertiary/aromatic N) is 2. The number of nitrogens with one attached hydrogen (secondary N) is 1. The van der Waals surface area contributed by atoms with Crippen molar-refractivity contribution in [3.63, 3.8) is 0 Å². The second-order valence-electron chi connectivity index (χ2n) is 4.29. The average Bonchev–Trinajstić information content (AvgIpc) is 2.73. The van der Waals surface area contributed by atoms with Crippen LogP contribution in [0.1, 0.15) is 20.3 Å². The molecule has 7 heteroatoms. The second kappa shape index (κ2) is 6.15. The third kappa shape index (κ3) is 3.85. The zero-order valence-electron chi connectivity index (χ0n) is 10.6. The van der Waals surface area contributed by atoms with Crippen LogP contribution in [0.2, 0.25) is 0 Å². The van der Waals surface area contributed by atoms with Gasteiger partial charge in [-0.1, -0.05) is 20.3 Å². The van der Waals surface area contributed by atoms with Gasteiger partial charge in [-0.25, -0.2) is 0 Å². The van der Waals surface area contributed by atoms with E-state index in [9.17, 15) is 9.59 Å². The molecule has 7 nitrogen and oxygen atoms in total. The molecule has 2 amide bonds. The van der Waals surface area contributed by atoms with Gasteiger partial charge in [-0.15, -0.1) is 0 Å². The molecule has 0 aromatic carbocycles. The predicted octanol–water partition coefficient (Wildman–Crippen LogP) is -0.320. The van der Waals surface area contributed by atoms with E-state index in [2.05, 4.69) is 10.4 Å². The minimum atomic E-state index is -0.561. The molecule has 0 saturated carbocycles. The molecule has 1 aromatic heterocycles. The number of hydrogen-bond donors (Lipinski definition) is 3. The zero-order valence-corrected chi connectivity index (χ0v) is 10.6. The summed E-state index contributed by atoms with van der Waals surface area (Å²) < 4.78 is 1.35. The lowest BCUT2D eigenvalue weighted by Gasteiger charge is -2.16. The fourth-order valence-electron chi connectivity index (χ4n) is 1.41. The molecule has 5 N–H and O–H groups in total. The largest absolute Gasteiger partial charge is 0.368 e. The van der Waals surface area contributed by atoms with Crippen molar-refractivity contribution in [3.8, 4) is 0 Å². The van der Waals surface area contributed by atoms with Crippen LogP contribution in [0.3, 0.4) is 0 Å². The molecule has 1 unspecified atom stereocenters. The van der Waals surface area contributed by atoms with Gasteiger partial charge in [0.05, 0.1) is 17.9 Å². The molecule has 1 aromatic rings. The van der Waals surface area contributed by atoms with E-state index < -0.39 is 11.9 Å². The lowest BCUT2D eigenvalue weighted by atomic mass is 9.99. The Morgan fingerprint density at radius 2 is 2.22 bits per heavy atom. The van der Waals surface area contributed by atoms with Gasteiger partial charge < -0.3 is 16.8 Å². The molecule has 0 aliphatic carbocycles. The number of rotatable bonds is 6. The number of aromatic nitrogens is 2. The molecule has 1 rings (SSSR count). The molecule has 0 fully saturated rings. The van der Waals surface area contributed by atoms with Crippen molar-refractivity contribution in [3.05, 3.63) is 12.4 Å². The van der Waals surface area contributed by atoms with Crippen molar-refractivity contribution in [2.75, 3.05) is 5.32 Å². The molecule has 0 aliphatic rings. The molecule has 2 atom stereocenters. The first-order valence-electron chi connectivity index (χ1n) is 5.81. The smallest absolute Gasteiger partial charge is 0.241 e. The lowest BCUT2D eigenvalue weighted by molar-refractivity contribution is -0.119. The van der Waals surface area contributed by atoms with Crippen molar-refractivity contribution < 1.29 is 9.59 Å². The maximum absolute atomic E-state index is 11.8. The fraction of sp³-hybridized carbons (Fsp3) is 0.545. The van der Waals surface area contributed by atoms with E-state index in [4.69, 9.17) is 11.5 Å². The fourth-order valence-corrected chi connectivity index (χ4v) is 1.41. The summed E-state index contributed by atoms with van der Waals surface area (Å²) in [7, 11) is 0. The summed E-state index contributed by atoms with van der Waals surface area (Å²) in [5.41, 5.74) is 11.3.